The first kappa shape index (κ1) is 9.64. The van der Waals surface area contributed by atoms with E-state index in [1.54, 1.807) is 24.0 Å². The molecule has 0 bridgehead atoms. The SMILES string of the molecule is COc1ncc(-c2ccn(C)n2)cc1F. The van der Waals surface area contributed by atoms with Crippen LogP contribution in [0.2, 0.25) is 0 Å². The highest BCUT2D eigenvalue weighted by Gasteiger charge is 2.08. The van der Waals surface area contributed by atoms with Gasteiger partial charge >= 0.3 is 0 Å². The van der Waals surface area contributed by atoms with E-state index >= 15 is 0 Å². The van der Waals surface area contributed by atoms with Gasteiger partial charge in [-0.1, -0.05) is 0 Å². The molecule has 0 spiro atoms. The Kier molecular flexibility index (Phi) is 2.37. The summed E-state index contributed by atoms with van der Waals surface area (Å²) in [7, 11) is 3.18. The molecule has 0 fully saturated rings. The van der Waals surface area contributed by atoms with Crippen LogP contribution >= 0.6 is 0 Å². The van der Waals surface area contributed by atoms with E-state index in [0.29, 0.717) is 11.3 Å². The Morgan fingerprint density at radius 1 is 1.47 bits per heavy atom. The van der Waals surface area contributed by atoms with E-state index in [-0.39, 0.29) is 5.88 Å². The zero-order chi connectivity index (χ0) is 10.8. The molecule has 0 amide bonds. The van der Waals surface area contributed by atoms with Gasteiger partial charge in [-0.15, -0.1) is 0 Å². The standard InChI is InChI=1S/C10H10FN3O/c1-14-4-3-9(13-14)7-5-8(11)10(15-2)12-6-7/h3-6H,1-2H3. The number of aromatic nitrogens is 3. The minimum absolute atomic E-state index is 0.00492. The normalized spacial score (nSPS) is 10.3. The number of halogens is 1. The van der Waals surface area contributed by atoms with Gasteiger partial charge in [0.2, 0.25) is 5.88 Å². The van der Waals surface area contributed by atoms with Gasteiger partial charge < -0.3 is 4.74 Å². The summed E-state index contributed by atoms with van der Waals surface area (Å²) in [5.41, 5.74) is 1.32. The summed E-state index contributed by atoms with van der Waals surface area (Å²) < 4.78 is 19.7. The lowest BCUT2D eigenvalue weighted by molar-refractivity contribution is 0.369. The highest BCUT2D eigenvalue weighted by atomic mass is 19.1. The molecule has 0 saturated heterocycles. The smallest absolute Gasteiger partial charge is 0.250 e. The molecule has 0 saturated carbocycles. The molecule has 0 N–H and O–H groups in total. The predicted octanol–water partition coefficient (Wildman–Crippen LogP) is 1.63. The fourth-order valence-corrected chi connectivity index (χ4v) is 1.28. The molecular weight excluding hydrogens is 197 g/mol. The van der Waals surface area contributed by atoms with Crippen LogP contribution in [0.3, 0.4) is 0 Å². The second-order valence-electron chi connectivity index (χ2n) is 3.09. The molecule has 2 aromatic rings. The first-order valence-electron chi connectivity index (χ1n) is 4.40. The number of hydrogen-bond acceptors (Lipinski definition) is 3. The molecular formula is C10H10FN3O. The van der Waals surface area contributed by atoms with Gasteiger partial charge in [0.05, 0.1) is 12.8 Å². The van der Waals surface area contributed by atoms with Crippen LogP contribution < -0.4 is 4.74 Å². The molecule has 2 heterocycles. The van der Waals surface area contributed by atoms with Gasteiger partial charge in [0, 0.05) is 25.0 Å². The maximum absolute atomic E-state index is 13.3. The molecule has 78 valence electrons. The number of ether oxygens (including phenoxy) is 1. The Balaban J connectivity index is 2.42. The van der Waals surface area contributed by atoms with Gasteiger partial charge in [-0.25, -0.2) is 9.37 Å². The summed E-state index contributed by atoms with van der Waals surface area (Å²) in [6.45, 7) is 0. The van der Waals surface area contributed by atoms with E-state index in [4.69, 9.17) is 4.74 Å². The molecule has 4 nitrogen and oxygen atoms in total. The Labute approximate surface area is 86.3 Å². The van der Waals surface area contributed by atoms with E-state index in [0.717, 1.165) is 0 Å². The van der Waals surface area contributed by atoms with Crippen LogP contribution in [0.25, 0.3) is 11.3 Å². The van der Waals surface area contributed by atoms with Crippen molar-refractivity contribution in [2.75, 3.05) is 7.11 Å². The molecule has 5 heteroatoms. The van der Waals surface area contributed by atoms with Crippen molar-refractivity contribution in [2.24, 2.45) is 7.05 Å². The molecule has 0 aromatic carbocycles. The first-order valence-corrected chi connectivity index (χ1v) is 4.40. The van der Waals surface area contributed by atoms with Gasteiger partial charge in [0.1, 0.15) is 0 Å². The van der Waals surface area contributed by atoms with Crippen molar-refractivity contribution in [3.63, 3.8) is 0 Å². The molecule has 0 aliphatic rings. The van der Waals surface area contributed by atoms with Crippen molar-refractivity contribution in [2.45, 2.75) is 0 Å². The fourth-order valence-electron chi connectivity index (χ4n) is 1.28. The number of aryl methyl sites for hydroxylation is 1. The van der Waals surface area contributed by atoms with Gasteiger partial charge in [0.15, 0.2) is 5.82 Å². The quantitative estimate of drug-likeness (QED) is 0.751. The van der Waals surface area contributed by atoms with Crippen LogP contribution in [0, 0.1) is 5.82 Å². The lowest BCUT2D eigenvalue weighted by Crippen LogP contribution is -1.93. The summed E-state index contributed by atoms with van der Waals surface area (Å²) in [5.74, 6) is -0.490. The predicted molar refractivity (Wildman–Crippen MR) is 52.9 cm³/mol. The monoisotopic (exact) mass is 207 g/mol. The maximum atomic E-state index is 13.3. The highest BCUT2D eigenvalue weighted by molar-refractivity contribution is 5.57. The largest absolute Gasteiger partial charge is 0.479 e. The zero-order valence-corrected chi connectivity index (χ0v) is 8.44. The summed E-state index contributed by atoms with van der Waals surface area (Å²) >= 11 is 0. The molecule has 0 radical (unpaired) electrons. The Morgan fingerprint density at radius 2 is 2.27 bits per heavy atom. The number of nitrogens with zero attached hydrogens (tertiary/aromatic N) is 3. The van der Waals surface area contributed by atoms with Gasteiger partial charge in [-0.2, -0.15) is 5.10 Å². The van der Waals surface area contributed by atoms with Crippen molar-refractivity contribution >= 4 is 0 Å². The number of pyridine rings is 1. The van der Waals surface area contributed by atoms with E-state index in [2.05, 4.69) is 10.1 Å². The Bertz CT molecular complexity index is 481. The first-order chi connectivity index (χ1) is 7.20. The third-order valence-electron chi connectivity index (χ3n) is 2.01. The topological polar surface area (TPSA) is 39.9 Å². The molecule has 2 rings (SSSR count). The molecule has 2 aromatic heterocycles. The minimum Gasteiger partial charge on any atom is -0.479 e. The number of rotatable bonds is 2. The van der Waals surface area contributed by atoms with Crippen LogP contribution in [0.1, 0.15) is 0 Å². The van der Waals surface area contributed by atoms with Crippen LogP contribution in [0.15, 0.2) is 24.5 Å². The van der Waals surface area contributed by atoms with Gasteiger partial charge in [-0.05, 0) is 12.1 Å². The molecule has 0 unspecified atom stereocenters. The third-order valence-corrected chi connectivity index (χ3v) is 2.01. The van der Waals surface area contributed by atoms with Crippen molar-refractivity contribution in [1.82, 2.24) is 14.8 Å². The number of methoxy groups -OCH3 is 1. The van der Waals surface area contributed by atoms with E-state index in [1.165, 1.54) is 19.4 Å². The number of hydrogen-bond donors (Lipinski definition) is 0. The van der Waals surface area contributed by atoms with Crippen molar-refractivity contribution < 1.29 is 9.13 Å². The maximum Gasteiger partial charge on any atom is 0.250 e. The van der Waals surface area contributed by atoms with E-state index < -0.39 is 5.82 Å². The van der Waals surface area contributed by atoms with Gasteiger partial charge in [-0.3, -0.25) is 4.68 Å². The second kappa shape index (κ2) is 3.68. The summed E-state index contributed by atoms with van der Waals surface area (Å²) in [6, 6.07) is 3.15. The third kappa shape index (κ3) is 1.81. The minimum atomic E-state index is -0.486. The molecule has 15 heavy (non-hydrogen) atoms. The lowest BCUT2D eigenvalue weighted by Gasteiger charge is -2.01. The van der Waals surface area contributed by atoms with E-state index in [9.17, 15) is 4.39 Å². The fraction of sp³-hybridized carbons (Fsp3) is 0.200. The van der Waals surface area contributed by atoms with E-state index in [1.807, 2.05) is 0 Å². The highest BCUT2D eigenvalue weighted by Crippen LogP contribution is 2.21. The van der Waals surface area contributed by atoms with Crippen molar-refractivity contribution in [3.05, 3.63) is 30.3 Å². The average Bonchev–Trinajstić information content (AvgIpc) is 2.65. The zero-order valence-electron chi connectivity index (χ0n) is 8.44. The average molecular weight is 207 g/mol. The molecule has 0 aliphatic heterocycles. The van der Waals surface area contributed by atoms with Crippen LogP contribution in [0.5, 0.6) is 5.88 Å². The van der Waals surface area contributed by atoms with Gasteiger partial charge in [0.25, 0.3) is 0 Å². The second-order valence-corrected chi connectivity index (χ2v) is 3.09. The summed E-state index contributed by atoms with van der Waals surface area (Å²) in [6.07, 6.45) is 3.32. The van der Waals surface area contributed by atoms with Crippen LogP contribution in [-0.4, -0.2) is 21.9 Å². The molecule has 0 atom stereocenters. The molecule has 0 aliphatic carbocycles. The Morgan fingerprint density at radius 3 is 2.80 bits per heavy atom. The Hall–Kier alpha value is -1.91. The van der Waals surface area contributed by atoms with Crippen molar-refractivity contribution in [1.29, 1.82) is 0 Å². The van der Waals surface area contributed by atoms with Crippen LogP contribution in [-0.2, 0) is 7.05 Å². The lowest BCUT2D eigenvalue weighted by atomic mass is 10.2. The summed E-state index contributed by atoms with van der Waals surface area (Å²) in [5, 5.41) is 4.15. The van der Waals surface area contributed by atoms with Crippen LogP contribution in [0.4, 0.5) is 4.39 Å². The van der Waals surface area contributed by atoms with Crippen molar-refractivity contribution in [3.8, 4) is 17.1 Å². The summed E-state index contributed by atoms with van der Waals surface area (Å²) in [4.78, 5) is 3.84.